The minimum atomic E-state index is -2.61. The van der Waals surface area contributed by atoms with Crippen LogP contribution >= 0.6 is 0 Å². The molecule has 102 valence electrons. The van der Waals surface area contributed by atoms with Crippen LogP contribution in [-0.4, -0.2) is 32.5 Å². The Labute approximate surface area is 106 Å². The second-order valence-electron chi connectivity index (χ2n) is 3.80. The van der Waals surface area contributed by atoms with Crippen LogP contribution in [0.15, 0.2) is 12.4 Å². The third-order valence-corrected chi connectivity index (χ3v) is 3.23. The molecule has 0 aliphatic carbocycles. The Morgan fingerprint density at radius 3 is 2.44 bits per heavy atom. The second kappa shape index (κ2) is 6.81. The topological polar surface area (TPSA) is 78.1 Å². The summed E-state index contributed by atoms with van der Waals surface area (Å²) in [5, 5.41) is 4.59. The van der Waals surface area contributed by atoms with Gasteiger partial charge in [-0.25, -0.2) is 23.0 Å². The maximum absolute atomic E-state index is 12.2. The molecule has 5 nitrogen and oxygen atoms in total. The van der Waals surface area contributed by atoms with Crippen LogP contribution in [0.2, 0.25) is 0 Å². The molecule has 1 aromatic rings. The summed E-state index contributed by atoms with van der Waals surface area (Å²) in [6.45, 7) is 2.56. The molecular formula is C10H15F2N3O2S. The quantitative estimate of drug-likeness (QED) is 0.846. The van der Waals surface area contributed by atoms with Crippen LogP contribution in [0.4, 0.5) is 8.78 Å². The number of hydrogen-bond acceptors (Lipinski definition) is 4. The molecule has 8 heteroatoms. The molecule has 3 unspecified atom stereocenters. The molecule has 0 saturated heterocycles. The van der Waals surface area contributed by atoms with Gasteiger partial charge in [0.25, 0.3) is 6.43 Å². The van der Waals surface area contributed by atoms with Gasteiger partial charge in [0.1, 0.15) is 12.7 Å². The van der Waals surface area contributed by atoms with Crippen LogP contribution in [-0.2, 0) is 15.7 Å². The van der Waals surface area contributed by atoms with Gasteiger partial charge in [-0.2, -0.15) is 0 Å². The van der Waals surface area contributed by atoms with E-state index in [4.69, 9.17) is 9.88 Å². The highest BCUT2D eigenvalue weighted by atomic mass is 32.2. The van der Waals surface area contributed by atoms with Crippen molar-refractivity contribution in [1.29, 1.82) is 0 Å². The Hall–Kier alpha value is -0.990. The number of nitrogens with two attached hydrogens (primary N) is 1. The van der Waals surface area contributed by atoms with Gasteiger partial charge in [0.05, 0.1) is 16.2 Å². The predicted molar refractivity (Wildman–Crippen MR) is 63.3 cm³/mol. The number of alkyl halides is 2. The van der Waals surface area contributed by atoms with E-state index in [1.165, 1.54) is 19.3 Å². The number of aryl methyl sites for hydroxylation is 1. The summed E-state index contributed by atoms with van der Waals surface area (Å²) in [7, 11) is -1.71. The minimum Gasteiger partial charge on any atom is -0.363 e. The standard InChI is InChI=1S/C10H15F2N3O2S/c1-6-3-14-10(15-4-6)9(7(2)18(13)16)17-5-8(11)12/h3-4,7-9H,5,13H2,1-2H3. The van der Waals surface area contributed by atoms with E-state index in [-0.39, 0.29) is 5.82 Å². The zero-order valence-corrected chi connectivity index (χ0v) is 10.9. The molecule has 0 fully saturated rings. The molecule has 0 spiro atoms. The van der Waals surface area contributed by atoms with Crippen molar-refractivity contribution in [2.24, 2.45) is 5.14 Å². The lowest BCUT2D eigenvalue weighted by atomic mass is 10.2. The average molecular weight is 279 g/mol. The van der Waals surface area contributed by atoms with Crippen molar-refractivity contribution in [2.75, 3.05) is 6.61 Å². The van der Waals surface area contributed by atoms with Crippen LogP contribution < -0.4 is 5.14 Å². The van der Waals surface area contributed by atoms with Crippen molar-refractivity contribution in [2.45, 2.75) is 31.6 Å². The number of ether oxygens (including phenoxy) is 1. The second-order valence-corrected chi connectivity index (χ2v) is 5.20. The normalized spacial score (nSPS) is 16.6. The van der Waals surface area contributed by atoms with E-state index in [0.717, 1.165) is 5.56 Å². The summed E-state index contributed by atoms with van der Waals surface area (Å²) < 4.78 is 40.6. The maximum Gasteiger partial charge on any atom is 0.261 e. The largest absolute Gasteiger partial charge is 0.363 e. The Balaban J connectivity index is 2.88. The lowest BCUT2D eigenvalue weighted by Gasteiger charge is -2.21. The number of halogens is 2. The number of hydrogen-bond donors (Lipinski definition) is 1. The molecule has 0 aliphatic rings. The molecule has 1 rings (SSSR count). The van der Waals surface area contributed by atoms with Crippen LogP contribution in [0.5, 0.6) is 0 Å². The van der Waals surface area contributed by atoms with Crippen molar-refractivity contribution in [3.8, 4) is 0 Å². The fraction of sp³-hybridized carbons (Fsp3) is 0.600. The Morgan fingerprint density at radius 1 is 1.44 bits per heavy atom. The van der Waals surface area contributed by atoms with Crippen molar-refractivity contribution in [3.63, 3.8) is 0 Å². The molecule has 0 radical (unpaired) electrons. The Bertz CT molecular complexity index is 403. The smallest absolute Gasteiger partial charge is 0.261 e. The van der Waals surface area contributed by atoms with Gasteiger partial charge in [0, 0.05) is 12.4 Å². The monoisotopic (exact) mass is 279 g/mol. The predicted octanol–water partition coefficient (Wildman–Crippen LogP) is 1.12. The van der Waals surface area contributed by atoms with Crippen LogP contribution in [0.3, 0.4) is 0 Å². The first-order valence-corrected chi connectivity index (χ1v) is 6.52. The summed E-state index contributed by atoms with van der Waals surface area (Å²) in [5.41, 5.74) is 0.827. The Kier molecular flexibility index (Phi) is 5.70. The molecule has 0 aliphatic heterocycles. The molecule has 0 amide bonds. The molecule has 2 N–H and O–H groups in total. The summed E-state index contributed by atoms with van der Waals surface area (Å²) in [4.78, 5) is 7.98. The van der Waals surface area contributed by atoms with Gasteiger partial charge in [-0.1, -0.05) is 0 Å². The molecule has 1 aromatic heterocycles. The fourth-order valence-corrected chi connectivity index (χ4v) is 1.71. The maximum atomic E-state index is 12.2. The van der Waals surface area contributed by atoms with E-state index < -0.39 is 35.4 Å². The molecule has 3 atom stereocenters. The molecule has 1 heterocycles. The highest BCUT2D eigenvalue weighted by Crippen LogP contribution is 2.21. The van der Waals surface area contributed by atoms with Crippen LogP contribution in [0, 0.1) is 6.92 Å². The first-order chi connectivity index (χ1) is 8.41. The van der Waals surface area contributed by atoms with Gasteiger partial charge in [0.2, 0.25) is 0 Å². The van der Waals surface area contributed by atoms with Gasteiger partial charge < -0.3 is 4.74 Å². The summed E-state index contributed by atoms with van der Waals surface area (Å²) in [6, 6.07) is 0. The van der Waals surface area contributed by atoms with Crippen LogP contribution in [0.25, 0.3) is 0 Å². The SMILES string of the molecule is Cc1cnc(C(OCC(F)F)C(C)S(N)=O)nc1. The van der Waals surface area contributed by atoms with Crippen molar-refractivity contribution in [3.05, 3.63) is 23.8 Å². The zero-order valence-electron chi connectivity index (χ0n) is 10.0. The van der Waals surface area contributed by atoms with Crippen molar-refractivity contribution in [1.82, 2.24) is 9.97 Å². The first kappa shape index (κ1) is 15.1. The average Bonchev–Trinajstić information content (AvgIpc) is 2.30. The molecular weight excluding hydrogens is 264 g/mol. The van der Waals surface area contributed by atoms with E-state index in [9.17, 15) is 13.0 Å². The minimum absolute atomic E-state index is 0.201. The fourth-order valence-electron chi connectivity index (χ4n) is 1.27. The third kappa shape index (κ3) is 4.35. The number of rotatable bonds is 6. The van der Waals surface area contributed by atoms with Gasteiger partial charge in [-0.15, -0.1) is 0 Å². The van der Waals surface area contributed by atoms with Crippen LogP contribution in [0.1, 0.15) is 24.4 Å². The highest BCUT2D eigenvalue weighted by Gasteiger charge is 2.27. The summed E-state index contributed by atoms with van der Waals surface area (Å²) in [6.07, 6.45) is -0.456. The number of aromatic nitrogens is 2. The third-order valence-electron chi connectivity index (χ3n) is 2.25. The summed E-state index contributed by atoms with van der Waals surface area (Å²) in [5.74, 6) is 0.201. The van der Waals surface area contributed by atoms with E-state index in [2.05, 4.69) is 9.97 Å². The van der Waals surface area contributed by atoms with E-state index in [0.29, 0.717) is 0 Å². The molecule has 0 bridgehead atoms. The Morgan fingerprint density at radius 2 is 2.00 bits per heavy atom. The van der Waals surface area contributed by atoms with Gasteiger partial charge in [-0.05, 0) is 19.4 Å². The molecule has 0 saturated carbocycles. The highest BCUT2D eigenvalue weighted by molar-refractivity contribution is 7.83. The first-order valence-electron chi connectivity index (χ1n) is 5.25. The lowest BCUT2D eigenvalue weighted by molar-refractivity contribution is -0.0279. The van der Waals surface area contributed by atoms with E-state index in [1.807, 2.05) is 0 Å². The van der Waals surface area contributed by atoms with Gasteiger partial charge in [-0.3, -0.25) is 5.14 Å². The summed E-state index contributed by atoms with van der Waals surface area (Å²) >= 11 is 0. The van der Waals surface area contributed by atoms with Crippen molar-refractivity contribution < 1.29 is 17.7 Å². The zero-order chi connectivity index (χ0) is 13.7. The van der Waals surface area contributed by atoms with Gasteiger partial charge in [0.15, 0.2) is 5.82 Å². The molecule has 18 heavy (non-hydrogen) atoms. The van der Waals surface area contributed by atoms with E-state index >= 15 is 0 Å². The number of nitrogens with zero attached hydrogens (tertiary/aromatic N) is 2. The van der Waals surface area contributed by atoms with Crippen molar-refractivity contribution >= 4 is 11.0 Å². The van der Waals surface area contributed by atoms with E-state index in [1.54, 1.807) is 6.92 Å². The molecule has 0 aromatic carbocycles. The van der Waals surface area contributed by atoms with Gasteiger partial charge >= 0.3 is 0 Å². The lowest BCUT2D eigenvalue weighted by Crippen LogP contribution is -2.30.